The predicted molar refractivity (Wildman–Crippen MR) is 96.1 cm³/mol. The molecule has 23 heavy (non-hydrogen) atoms. The highest BCUT2D eigenvalue weighted by atomic mass is 16.5. The summed E-state index contributed by atoms with van der Waals surface area (Å²) < 4.78 is 10.5. The van der Waals surface area contributed by atoms with Crippen molar-refractivity contribution in [3.8, 4) is 5.75 Å². The molecule has 1 aromatic carbocycles. The average molecular weight is 321 g/mol. The summed E-state index contributed by atoms with van der Waals surface area (Å²) in [4.78, 5) is 4.27. The molecule has 0 aliphatic rings. The third kappa shape index (κ3) is 7.88. The van der Waals surface area contributed by atoms with Crippen LogP contribution < -0.4 is 15.4 Å². The molecule has 1 aromatic rings. The first-order valence-electron chi connectivity index (χ1n) is 8.38. The van der Waals surface area contributed by atoms with Crippen molar-refractivity contribution in [2.75, 3.05) is 33.9 Å². The molecule has 0 spiro atoms. The zero-order valence-corrected chi connectivity index (χ0v) is 14.9. The van der Waals surface area contributed by atoms with Gasteiger partial charge in [-0.05, 0) is 23.6 Å². The number of aliphatic imine (C=N–C) groups is 1. The van der Waals surface area contributed by atoms with E-state index in [0.717, 1.165) is 24.8 Å². The van der Waals surface area contributed by atoms with E-state index < -0.39 is 0 Å². The number of nitrogens with one attached hydrogen (secondary N) is 2. The standard InChI is InChI=1S/C18H31N3O2/c1-5-15(6-2)13-20-18(19-3)21-14-16-7-9-17(10-8-16)23-12-11-22-4/h7-10,15H,5-6,11-14H2,1-4H3,(H2,19,20,21). The van der Waals surface area contributed by atoms with Crippen LogP contribution in [-0.4, -0.2) is 39.9 Å². The van der Waals surface area contributed by atoms with Gasteiger partial charge in [-0.25, -0.2) is 0 Å². The van der Waals surface area contributed by atoms with Crippen LogP contribution in [-0.2, 0) is 11.3 Å². The van der Waals surface area contributed by atoms with Gasteiger partial charge >= 0.3 is 0 Å². The normalized spacial score (nSPS) is 11.6. The Morgan fingerprint density at radius 2 is 1.78 bits per heavy atom. The third-order valence-corrected chi connectivity index (χ3v) is 3.88. The minimum atomic E-state index is 0.570. The van der Waals surface area contributed by atoms with Gasteiger partial charge in [0.2, 0.25) is 0 Å². The maximum Gasteiger partial charge on any atom is 0.191 e. The quantitative estimate of drug-likeness (QED) is 0.395. The molecule has 2 N–H and O–H groups in total. The number of benzene rings is 1. The van der Waals surface area contributed by atoms with E-state index in [2.05, 4.69) is 41.6 Å². The number of nitrogens with zero attached hydrogens (tertiary/aromatic N) is 1. The Labute approximate surface area is 140 Å². The predicted octanol–water partition coefficient (Wildman–Crippen LogP) is 2.81. The summed E-state index contributed by atoms with van der Waals surface area (Å²) in [5.41, 5.74) is 1.19. The van der Waals surface area contributed by atoms with Crippen LogP contribution >= 0.6 is 0 Å². The van der Waals surface area contributed by atoms with E-state index in [1.54, 1.807) is 14.2 Å². The van der Waals surface area contributed by atoms with Gasteiger partial charge in [-0.2, -0.15) is 0 Å². The van der Waals surface area contributed by atoms with Gasteiger partial charge in [-0.3, -0.25) is 4.99 Å². The number of hydrogen-bond donors (Lipinski definition) is 2. The largest absolute Gasteiger partial charge is 0.491 e. The van der Waals surface area contributed by atoms with E-state index in [1.807, 2.05) is 12.1 Å². The van der Waals surface area contributed by atoms with Crippen LogP contribution in [0.2, 0.25) is 0 Å². The van der Waals surface area contributed by atoms with Crippen molar-refractivity contribution in [3.63, 3.8) is 0 Å². The molecule has 5 heteroatoms. The molecule has 0 fully saturated rings. The second-order valence-electron chi connectivity index (χ2n) is 5.47. The lowest BCUT2D eigenvalue weighted by Gasteiger charge is -2.16. The van der Waals surface area contributed by atoms with Crippen molar-refractivity contribution in [3.05, 3.63) is 29.8 Å². The van der Waals surface area contributed by atoms with Crippen LogP contribution in [0.1, 0.15) is 32.3 Å². The summed E-state index contributed by atoms with van der Waals surface area (Å²) in [5, 5.41) is 6.73. The number of rotatable bonds is 10. The topological polar surface area (TPSA) is 54.9 Å². The van der Waals surface area contributed by atoms with Crippen LogP contribution in [0.5, 0.6) is 5.75 Å². The fourth-order valence-electron chi connectivity index (χ4n) is 2.17. The fraction of sp³-hybridized carbons (Fsp3) is 0.611. The molecule has 0 radical (unpaired) electrons. The molecule has 0 aliphatic heterocycles. The zero-order valence-electron chi connectivity index (χ0n) is 14.9. The van der Waals surface area contributed by atoms with Gasteiger partial charge in [0, 0.05) is 27.2 Å². The lowest BCUT2D eigenvalue weighted by molar-refractivity contribution is 0.146. The van der Waals surface area contributed by atoms with Crippen molar-refractivity contribution in [2.45, 2.75) is 33.2 Å². The second kappa shape index (κ2) is 11.8. The molecule has 1 rings (SSSR count). The van der Waals surface area contributed by atoms with Gasteiger partial charge in [-0.15, -0.1) is 0 Å². The van der Waals surface area contributed by atoms with Gasteiger partial charge in [0.15, 0.2) is 5.96 Å². The Bertz CT molecular complexity index is 442. The lowest BCUT2D eigenvalue weighted by atomic mass is 10.0. The maximum atomic E-state index is 5.56. The fourth-order valence-corrected chi connectivity index (χ4v) is 2.17. The van der Waals surface area contributed by atoms with Gasteiger partial charge in [0.25, 0.3) is 0 Å². The maximum absolute atomic E-state index is 5.56. The molecule has 0 aliphatic carbocycles. The number of guanidine groups is 1. The molecule has 130 valence electrons. The Morgan fingerprint density at radius 1 is 1.09 bits per heavy atom. The first-order chi connectivity index (χ1) is 11.2. The lowest BCUT2D eigenvalue weighted by Crippen LogP contribution is -2.39. The minimum absolute atomic E-state index is 0.570. The highest BCUT2D eigenvalue weighted by Gasteiger charge is 2.05. The van der Waals surface area contributed by atoms with Crippen LogP contribution in [0, 0.1) is 5.92 Å². The first kappa shape index (κ1) is 19.3. The van der Waals surface area contributed by atoms with Gasteiger partial charge in [0.05, 0.1) is 6.61 Å². The molecule has 0 saturated heterocycles. The smallest absolute Gasteiger partial charge is 0.191 e. The number of ether oxygens (including phenoxy) is 2. The van der Waals surface area contributed by atoms with Gasteiger partial charge in [-0.1, -0.05) is 38.8 Å². The average Bonchev–Trinajstić information content (AvgIpc) is 2.59. The molecule has 0 amide bonds. The van der Waals surface area contributed by atoms with Crippen LogP contribution in [0.15, 0.2) is 29.3 Å². The SMILES string of the molecule is CCC(CC)CNC(=NC)NCc1ccc(OCCOC)cc1. The minimum Gasteiger partial charge on any atom is -0.491 e. The Morgan fingerprint density at radius 3 is 2.35 bits per heavy atom. The van der Waals surface area contributed by atoms with Crippen molar-refractivity contribution in [1.29, 1.82) is 0 Å². The summed E-state index contributed by atoms with van der Waals surface area (Å²) in [7, 11) is 3.47. The van der Waals surface area contributed by atoms with E-state index in [4.69, 9.17) is 9.47 Å². The molecule has 0 bridgehead atoms. The Kier molecular flexibility index (Phi) is 9.87. The summed E-state index contributed by atoms with van der Waals surface area (Å²) in [6.45, 7) is 7.31. The van der Waals surface area contributed by atoms with Crippen molar-refractivity contribution in [2.24, 2.45) is 10.9 Å². The molecule has 0 heterocycles. The monoisotopic (exact) mass is 321 g/mol. The Hall–Kier alpha value is -1.75. The van der Waals surface area contributed by atoms with E-state index in [-0.39, 0.29) is 0 Å². The van der Waals surface area contributed by atoms with E-state index >= 15 is 0 Å². The van der Waals surface area contributed by atoms with Gasteiger partial charge in [0.1, 0.15) is 12.4 Å². The van der Waals surface area contributed by atoms with Crippen molar-refractivity contribution in [1.82, 2.24) is 10.6 Å². The summed E-state index contributed by atoms with van der Waals surface area (Å²) >= 11 is 0. The first-order valence-corrected chi connectivity index (χ1v) is 8.38. The second-order valence-corrected chi connectivity index (χ2v) is 5.47. The molecular formula is C18H31N3O2. The number of methoxy groups -OCH3 is 1. The van der Waals surface area contributed by atoms with Crippen LogP contribution in [0.25, 0.3) is 0 Å². The highest BCUT2D eigenvalue weighted by Crippen LogP contribution is 2.12. The summed E-state index contributed by atoms with van der Waals surface area (Å²) in [6, 6.07) is 8.08. The summed E-state index contributed by atoms with van der Waals surface area (Å²) in [5.74, 6) is 2.40. The van der Waals surface area contributed by atoms with Crippen molar-refractivity contribution >= 4 is 5.96 Å². The molecule has 5 nitrogen and oxygen atoms in total. The Balaban J connectivity index is 2.37. The zero-order chi connectivity index (χ0) is 16.9. The highest BCUT2D eigenvalue weighted by molar-refractivity contribution is 5.79. The summed E-state index contributed by atoms with van der Waals surface area (Å²) in [6.07, 6.45) is 2.37. The van der Waals surface area contributed by atoms with E-state index in [9.17, 15) is 0 Å². The van der Waals surface area contributed by atoms with Crippen LogP contribution in [0.4, 0.5) is 0 Å². The third-order valence-electron chi connectivity index (χ3n) is 3.88. The molecule has 0 atom stereocenters. The molecular weight excluding hydrogens is 290 g/mol. The number of hydrogen-bond acceptors (Lipinski definition) is 3. The van der Waals surface area contributed by atoms with Crippen LogP contribution in [0.3, 0.4) is 0 Å². The molecule has 0 aromatic heterocycles. The molecule has 0 unspecified atom stereocenters. The van der Waals surface area contributed by atoms with Gasteiger partial charge < -0.3 is 20.1 Å². The van der Waals surface area contributed by atoms with Crippen molar-refractivity contribution < 1.29 is 9.47 Å². The van der Waals surface area contributed by atoms with E-state index in [1.165, 1.54) is 18.4 Å². The van der Waals surface area contributed by atoms with E-state index in [0.29, 0.717) is 19.1 Å². The molecule has 0 saturated carbocycles.